The molecule has 2 saturated carbocycles. The largest absolute Gasteiger partial charge is 0.477 e. The number of hydrogen-bond acceptors (Lipinski definition) is 7. The molecule has 2 fully saturated rings. The quantitative estimate of drug-likeness (QED) is 0.236. The van der Waals surface area contributed by atoms with E-state index in [0.29, 0.717) is 48.6 Å². The molecule has 3 rings (SSSR count). The lowest BCUT2D eigenvalue weighted by atomic mass is 9.81. The normalized spacial score (nSPS) is 23.6. The molecule has 2 amide bonds. The topological polar surface area (TPSA) is 122 Å². The number of alkyl carbamates (subject to hydrolysis) is 1. The fourth-order valence-electron chi connectivity index (χ4n) is 5.74. The summed E-state index contributed by atoms with van der Waals surface area (Å²) < 4.78 is 10.5. The third-order valence-electron chi connectivity index (χ3n) is 8.55. The molecule has 0 aromatic carbocycles. The highest BCUT2D eigenvalue weighted by molar-refractivity contribution is 7.15. The van der Waals surface area contributed by atoms with E-state index < -0.39 is 24.1 Å². The van der Waals surface area contributed by atoms with Crippen LogP contribution in [-0.2, 0) is 19.1 Å². The van der Waals surface area contributed by atoms with Gasteiger partial charge in [-0.1, -0.05) is 39.0 Å². The number of carboxylic acid groups (broad SMARTS) is 1. The van der Waals surface area contributed by atoms with Crippen LogP contribution < -0.4 is 10.2 Å². The summed E-state index contributed by atoms with van der Waals surface area (Å²) in [7, 11) is 1.25. The van der Waals surface area contributed by atoms with E-state index in [9.17, 15) is 24.3 Å². The van der Waals surface area contributed by atoms with Gasteiger partial charge >= 0.3 is 18.0 Å². The minimum Gasteiger partial charge on any atom is -0.477 e. The van der Waals surface area contributed by atoms with Crippen molar-refractivity contribution < 1.29 is 33.8 Å². The average Bonchev–Trinajstić information content (AvgIpc) is 3.39. The maximum absolute atomic E-state index is 14.2. The molecule has 43 heavy (non-hydrogen) atoms. The first-order chi connectivity index (χ1) is 20.2. The third kappa shape index (κ3) is 9.46. The van der Waals surface area contributed by atoms with Crippen molar-refractivity contribution in [1.29, 1.82) is 0 Å². The van der Waals surface area contributed by atoms with Crippen molar-refractivity contribution in [2.45, 2.75) is 118 Å². The minimum absolute atomic E-state index is 0.0258. The molecule has 0 radical (unpaired) electrons. The number of ether oxygens (including phenoxy) is 2. The van der Waals surface area contributed by atoms with Crippen molar-refractivity contribution in [3.8, 4) is 11.8 Å². The first kappa shape index (κ1) is 34.4. The number of nitrogens with zero attached hydrogens (tertiary/aromatic N) is 1. The highest BCUT2D eigenvalue weighted by Crippen LogP contribution is 2.39. The Labute approximate surface area is 260 Å². The third-order valence-corrected chi connectivity index (χ3v) is 9.57. The highest BCUT2D eigenvalue weighted by atomic mass is 32.1. The molecular weight excluding hydrogens is 568 g/mol. The molecule has 238 valence electrons. The monoisotopic (exact) mass is 616 g/mol. The number of aromatic carboxylic acids is 1. The van der Waals surface area contributed by atoms with Crippen LogP contribution >= 0.6 is 11.3 Å². The molecule has 0 bridgehead atoms. The number of nitrogens with one attached hydrogen (secondary N) is 1. The van der Waals surface area contributed by atoms with E-state index in [1.165, 1.54) is 7.11 Å². The van der Waals surface area contributed by atoms with Gasteiger partial charge < -0.3 is 24.8 Å². The molecule has 9 nitrogen and oxygen atoms in total. The van der Waals surface area contributed by atoms with E-state index >= 15 is 0 Å². The van der Waals surface area contributed by atoms with Crippen LogP contribution in [0.3, 0.4) is 0 Å². The van der Waals surface area contributed by atoms with Crippen molar-refractivity contribution in [2.75, 3.05) is 12.0 Å². The van der Waals surface area contributed by atoms with Crippen LogP contribution in [0, 0.1) is 35.0 Å². The number of amides is 2. The lowest BCUT2D eigenvalue weighted by Crippen LogP contribution is -2.49. The average molecular weight is 617 g/mol. The van der Waals surface area contributed by atoms with Gasteiger partial charge in [0.25, 0.3) is 0 Å². The van der Waals surface area contributed by atoms with Crippen molar-refractivity contribution >= 4 is 41.0 Å². The molecule has 2 aliphatic rings. The Morgan fingerprint density at radius 1 is 1.09 bits per heavy atom. The molecule has 0 saturated heterocycles. The molecule has 0 aliphatic heterocycles. The van der Waals surface area contributed by atoms with Gasteiger partial charge in [0, 0.05) is 17.4 Å². The molecule has 2 unspecified atom stereocenters. The van der Waals surface area contributed by atoms with E-state index in [0.717, 1.165) is 37.0 Å². The second-order valence-electron chi connectivity index (χ2n) is 13.2. The van der Waals surface area contributed by atoms with Crippen molar-refractivity contribution in [1.82, 2.24) is 5.32 Å². The SMILES string of the molecule is CCC(C)C(NC(=O)OC)C(=O)OC1CCC(N(C(=O)C2CCC(C)CC2)c2cc(C#CC(C)(C)C)sc2C(=O)O)CC1. The smallest absolute Gasteiger partial charge is 0.407 e. The first-order valence-electron chi connectivity index (χ1n) is 15.5. The van der Waals surface area contributed by atoms with Gasteiger partial charge in [0.15, 0.2) is 0 Å². The fourth-order valence-corrected chi connectivity index (χ4v) is 6.58. The van der Waals surface area contributed by atoms with Crippen molar-refractivity contribution in [3.05, 3.63) is 15.8 Å². The summed E-state index contributed by atoms with van der Waals surface area (Å²) >= 11 is 1.11. The molecule has 2 atom stereocenters. The summed E-state index contributed by atoms with van der Waals surface area (Å²) in [6.45, 7) is 12.0. The van der Waals surface area contributed by atoms with Gasteiger partial charge in [-0.05, 0) is 90.0 Å². The molecule has 1 aromatic rings. The van der Waals surface area contributed by atoms with Crippen LogP contribution in [0.15, 0.2) is 6.07 Å². The lowest BCUT2D eigenvalue weighted by molar-refractivity contribution is -0.154. The predicted octanol–water partition coefficient (Wildman–Crippen LogP) is 6.63. The number of hydrogen-bond donors (Lipinski definition) is 2. The van der Waals surface area contributed by atoms with E-state index in [-0.39, 0.29) is 40.2 Å². The summed E-state index contributed by atoms with van der Waals surface area (Å²) in [5, 5.41) is 12.7. The van der Waals surface area contributed by atoms with Gasteiger partial charge in [0.2, 0.25) is 5.91 Å². The standard InChI is InChI=1S/C33H48N2O7S/c1-8-21(3)27(34-32(40)41-7)31(39)42-24-15-13-23(14-16-24)35(29(36)22-11-9-20(2)10-12-22)26-19-25(17-18-33(4,5)6)43-28(26)30(37)38/h19-24,27H,8-16H2,1-7H3,(H,34,40)(H,37,38). The van der Waals surface area contributed by atoms with Gasteiger partial charge in [-0.2, -0.15) is 0 Å². The van der Waals surface area contributed by atoms with Crippen LogP contribution in [0.1, 0.15) is 114 Å². The predicted molar refractivity (Wildman–Crippen MR) is 167 cm³/mol. The van der Waals surface area contributed by atoms with E-state index in [1.807, 2.05) is 34.6 Å². The number of rotatable bonds is 9. The van der Waals surface area contributed by atoms with Crippen LogP contribution in [-0.4, -0.2) is 54.3 Å². The Balaban J connectivity index is 1.85. The number of carboxylic acids is 1. The minimum atomic E-state index is -1.07. The van der Waals surface area contributed by atoms with Crippen molar-refractivity contribution in [3.63, 3.8) is 0 Å². The zero-order chi connectivity index (χ0) is 31.9. The van der Waals surface area contributed by atoms with E-state index in [2.05, 4.69) is 24.1 Å². The zero-order valence-electron chi connectivity index (χ0n) is 26.7. The maximum Gasteiger partial charge on any atom is 0.407 e. The van der Waals surface area contributed by atoms with Gasteiger partial charge in [0.05, 0.1) is 17.7 Å². The van der Waals surface area contributed by atoms with Gasteiger partial charge in [-0.3, -0.25) is 4.79 Å². The number of methoxy groups -OCH3 is 1. The van der Waals surface area contributed by atoms with Crippen LogP contribution in [0.25, 0.3) is 0 Å². The number of thiophene rings is 1. The highest BCUT2D eigenvalue weighted by Gasteiger charge is 2.39. The zero-order valence-corrected chi connectivity index (χ0v) is 27.5. The number of carbonyl (C=O) groups excluding carboxylic acids is 3. The van der Waals surface area contributed by atoms with Crippen molar-refractivity contribution in [2.24, 2.45) is 23.2 Å². The lowest BCUT2D eigenvalue weighted by Gasteiger charge is -2.39. The molecule has 2 aliphatic carbocycles. The Morgan fingerprint density at radius 3 is 2.26 bits per heavy atom. The van der Waals surface area contributed by atoms with Crippen LogP contribution in [0.5, 0.6) is 0 Å². The maximum atomic E-state index is 14.2. The molecule has 1 heterocycles. The molecule has 10 heteroatoms. The molecule has 0 spiro atoms. The Hall–Kier alpha value is -3.06. The fraction of sp³-hybridized carbons (Fsp3) is 0.697. The number of carbonyl (C=O) groups is 4. The summed E-state index contributed by atoms with van der Waals surface area (Å²) in [5.41, 5.74) is 0.164. The Morgan fingerprint density at radius 2 is 1.72 bits per heavy atom. The van der Waals surface area contributed by atoms with Crippen LogP contribution in [0.2, 0.25) is 0 Å². The summed E-state index contributed by atoms with van der Waals surface area (Å²) in [5.74, 6) is 4.98. The number of esters is 1. The summed E-state index contributed by atoms with van der Waals surface area (Å²) in [6, 6.07) is 0.715. The Bertz CT molecular complexity index is 1210. The van der Waals surface area contributed by atoms with Gasteiger partial charge in [-0.25, -0.2) is 14.4 Å². The van der Waals surface area contributed by atoms with E-state index in [1.54, 1.807) is 11.0 Å². The first-order valence-corrected chi connectivity index (χ1v) is 16.3. The van der Waals surface area contributed by atoms with Gasteiger partial charge in [0.1, 0.15) is 17.0 Å². The molecular formula is C33H48N2O7S. The summed E-state index contributed by atoms with van der Waals surface area (Å²) in [6.07, 6.45) is 5.31. The number of anilines is 1. The molecule has 2 N–H and O–H groups in total. The Kier molecular flexibility index (Phi) is 12.1. The molecule has 1 aromatic heterocycles. The van der Waals surface area contributed by atoms with Gasteiger partial charge in [-0.15, -0.1) is 11.3 Å². The second-order valence-corrected chi connectivity index (χ2v) is 14.2. The van der Waals surface area contributed by atoms with E-state index in [4.69, 9.17) is 9.47 Å². The summed E-state index contributed by atoms with van der Waals surface area (Å²) in [4.78, 5) is 53.9. The second kappa shape index (κ2) is 15.1. The van der Waals surface area contributed by atoms with Crippen LogP contribution in [0.4, 0.5) is 10.5 Å².